The van der Waals surface area contributed by atoms with Crippen molar-refractivity contribution in [1.82, 2.24) is 0 Å². The molecule has 0 aromatic heterocycles. The third kappa shape index (κ3) is 2.53. The number of halogens is 1. The lowest BCUT2D eigenvalue weighted by atomic mass is 10.3. The third-order valence-electron chi connectivity index (χ3n) is 1.51. The molecule has 0 saturated heterocycles. The number of hydrogen-bond acceptors (Lipinski definition) is 1. The summed E-state index contributed by atoms with van der Waals surface area (Å²) >= 11 is 0. The number of unbranched alkanes of at least 4 members (excludes halogenated alkanes) is 1. The van der Waals surface area contributed by atoms with Crippen LogP contribution in [0.1, 0.15) is 19.8 Å². The standard InChI is InChI=1S/C10H12FO/c1-2-3-8-12-10-7-5-4-6-9(10)11/h4-6H,2-3,8H2,1H3. The van der Waals surface area contributed by atoms with E-state index in [4.69, 9.17) is 4.74 Å². The molecule has 1 aromatic rings. The topological polar surface area (TPSA) is 9.23 Å². The second kappa shape index (κ2) is 4.75. The van der Waals surface area contributed by atoms with Crippen LogP contribution in [0.2, 0.25) is 0 Å². The van der Waals surface area contributed by atoms with Crippen molar-refractivity contribution < 1.29 is 9.13 Å². The first-order chi connectivity index (χ1) is 5.84. The number of benzene rings is 1. The number of rotatable bonds is 4. The highest BCUT2D eigenvalue weighted by Gasteiger charge is 1.99. The van der Waals surface area contributed by atoms with E-state index in [9.17, 15) is 4.39 Å². The van der Waals surface area contributed by atoms with Crippen LogP contribution < -0.4 is 4.74 Å². The van der Waals surface area contributed by atoms with Crippen LogP contribution in [0.25, 0.3) is 0 Å². The average molecular weight is 167 g/mol. The van der Waals surface area contributed by atoms with Crippen LogP contribution in [0.5, 0.6) is 5.75 Å². The van der Waals surface area contributed by atoms with Crippen LogP contribution in [0, 0.1) is 11.9 Å². The summed E-state index contributed by atoms with van der Waals surface area (Å²) in [5.74, 6) is -0.112. The van der Waals surface area contributed by atoms with Crippen molar-refractivity contribution in [2.24, 2.45) is 0 Å². The normalized spacial score (nSPS) is 9.83. The van der Waals surface area contributed by atoms with Gasteiger partial charge < -0.3 is 4.74 Å². The first-order valence-corrected chi connectivity index (χ1v) is 4.13. The van der Waals surface area contributed by atoms with Crippen LogP contribution >= 0.6 is 0 Å². The van der Waals surface area contributed by atoms with Gasteiger partial charge in [-0.3, -0.25) is 0 Å². The second-order valence-electron chi connectivity index (χ2n) is 2.55. The molecule has 2 heteroatoms. The molecule has 0 amide bonds. The predicted molar refractivity (Wildman–Crippen MR) is 45.6 cm³/mol. The van der Waals surface area contributed by atoms with Crippen molar-refractivity contribution in [1.29, 1.82) is 0 Å². The number of hydrogen-bond donors (Lipinski definition) is 0. The Bertz CT molecular complexity index is 235. The SMILES string of the molecule is CCCCOc1[c]cccc1F. The average Bonchev–Trinajstić information content (AvgIpc) is 2.09. The Hall–Kier alpha value is -1.05. The molecule has 0 aliphatic heterocycles. The molecule has 0 bridgehead atoms. The molecule has 65 valence electrons. The molecule has 12 heavy (non-hydrogen) atoms. The molecular weight excluding hydrogens is 155 g/mol. The minimum absolute atomic E-state index is 0.228. The molecule has 1 rings (SSSR count). The predicted octanol–water partition coefficient (Wildman–Crippen LogP) is 2.80. The highest BCUT2D eigenvalue weighted by Crippen LogP contribution is 2.14. The van der Waals surface area contributed by atoms with E-state index in [0.29, 0.717) is 6.61 Å². The maximum Gasteiger partial charge on any atom is 0.165 e. The Labute approximate surface area is 72.2 Å². The Morgan fingerprint density at radius 3 is 3.08 bits per heavy atom. The van der Waals surface area contributed by atoms with Gasteiger partial charge in [-0.1, -0.05) is 25.5 Å². The van der Waals surface area contributed by atoms with Crippen LogP contribution in [0.4, 0.5) is 4.39 Å². The second-order valence-corrected chi connectivity index (χ2v) is 2.55. The van der Waals surface area contributed by atoms with E-state index in [0.717, 1.165) is 12.8 Å². The summed E-state index contributed by atoms with van der Waals surface area (Å²) in [4.78, 5) is 0. The van der Waals surface area contributed by atoms with Gasteiger partial charge in [0.25, 0.3) is 0 Å². The monoisotopic (exact) mass is 167 g/mol. The maximum atomic E-state index is 12.9. The highest BCUT2D eigenvalue weighted by molar-refractivity contribution is 5.21. The summed E-state index contributed by atoms with van der Waals surface area (Å²) in [6, 6.07) is 7.31. The summed E-state index contributed by atoms with van der Waals surface area (Å²) in [5, 5.41) is 0. The van der Waals surface area contributed by atoms with Gasteiger partial charge in [0.15, 0.2) is 11.6 Å². The van der Waals surface area contributed by atoms with Crippen molar-refractivity contribution in [2.75, 3.05) is 6.61 Å². The summed E-state index contributed by atoms with van der Waals surface area (Å²) in [6.07, 6.45) is 2.00. The first kappa shape index (κ1) is 9.04. The van der Waals surface area contributed by atoms with Crippen molar-refractivity contribution >= 4 is 0 Å². The molecule has 0 atom stereocenters. The Morgan fingerprint density at radius 2 is 2.42 bits per heavy atom. The lowest BCUT2D eigenvalue weighted by molar-refractivity contribution is 0.293. The fraction of sp³-hybridized carbons (Fsp3) is 0.400. The van der Waals surface area contributed by atoms with Gasteiger partial charge in [0, 0.05) is 6.07 Å². The minimum Gasteiger partial charge on any atom is -0.490 e. The molecule has 0 fully saturated rings. The zero-order chi connectivity index (χ0) is 8.81. The molecule has 0 saturated carbocycles. The van der Waals surface area contributed by atoms with Gasteiger partial charge >= 0.3 is 0 Å². The van der Waals surface area contributed by atoms with Gasteiger partial charge in [0.1, 0.15) is 0 Å². The van der Waals surface area contributed by atoms with Crippen molar-refractivity contribution in [3.05, 3.63) is 30.1 Å². The molecule has 0 spiro atoms. The smallest absolute Gasteiger partial charge is 0.165 e. The Kier molecular flexibility index (Phi) is 3.58. The summed E-state index contributed by atoms with van der Waals surface area (Å²) in [6.45, 7) is 2.63. The summed E-state index contributed by atoms with van der Waals surface area (Å²) in [7, 11) is 0. The maximum absolute atomic E-state index is 12.9. The van der Waals surface area contributed by atoms with E-state index in [1.54, 1.807) is 12.1 Å². The van der Waals surface area contributed by atoms with Crippen LogP contribution in [0.3, 0.4) is 0 Å². The first-order valence-electron chi connectivity index (χ1n) is 4.13. The van der Waals surface area contributed by atoms with Gasteiger partial charge in [0.2, 0.25) is 0 Å². The van der Waals surface area contributed by atoms with Gasteiger partial charge in [-0.05, 0) is 12.5 Å². The molecule has 0 heterocycles. The third-order valence-corrected chi connectivity index (χ3v) is 1.51. The van der Waals surface area contributed by atoms with E-state index >= 15 is 0 Å². The number of ether oxygens (including phenoxy) is 1. The van der Waals surface area contributed by atoms with E-state index in [1.807, 2.05) is 0 Å². The molecule has 0 unspecified atom stereocenters. The van der Waals surface area contributed by atoms with E-state index < -0.39 is 0 Å². The Balaban J connectivity index is 2.46. The lowest BCUT2D eigenvalue weighted by Gasteiger charge is -2.04. The molecule has 0 aliphatic rings. The minimum atomic E-state index is -0.339. The molecule has 1 aromatic carbocycles. The quantitative estimate of drug-likeness (QED) is 0.626. The molecule has 1 nitrogen and oxygen atoms in total. The Morgan fingerprint density at radius 1 is 1.58 bits per heavy atom. The zero-order valence-corrected chi connectivity index (χ0v) is 7.14. The molecular formula is C10H12FO. The van der Waals surface area contributed by atoms with Gasteiger partial charge in [-0.15, -0.1) is 0 Å². The molecule has 1 radical (unpaired) electrons. The largest absolute Gasteiger partial charge is 0.490 e. The van der Waals surface area contributed by atoms with Crippen molar-refractivity contribution in [2.45, 2.75) is 19.8 Å². The summed E-state index contributed by atoms with van der Waals surface area (Å²) in [5.41, 5.74) is 0. The zero-order valence-electron chi connectivity index (χ0n) is 7.14. The van der Waals surface area contributed by atoms with E-state index in [1.165, 1.54) is 6.07 Å². The fourth-order valence-electron chi connectivity index (χ4n) is 0.830. The highest BCUT2D eigenvalue weighted by atomic mass is 19.1. The van der Waals surface area contributed by atoms with Gasteiger partial charge in [-0.25, -0.2) is 4.39 Å². The van der Waals surface area contributed by atoms with E-state index in [-0.39, 0.29) is 11.6 Å². The van der Waals surface area contributed by atoms with Crippen LogP contribution in [0.15, 0.2) is 18.2 Å². The van der Waals surface area contributed by atoms with Crippen LogP contribution in [-0.4, -0.2) is 6.61 Å². The molecule has 0 aliphatic carbocycles. The van der Waals surface area contributed by atoms with Crippen molar-refractivity contribution in [3.8, 4) is 5.75 Å². The molecule has 0 N–H and O–H groups in total. The van der Waals surface area contributed by atoms with Gasteiger partial charge in [0.05, 0.1) is 6.61 Å². The van der Waals surface area contributed by atoms with Crippen molar-refractivity contribution in [3.63, 3.8) is 0 Å². The van der Waals surface area contributed by atoms with Crippen LogP contribution in [-0.2, 0) is 0 Å². The lowest BCUT2D eigenvalue weighted by Crippen LogP contribution is -1.98. The number of para-hydroxylation sites is 1. The van der Waals surface area contributed by atoms with Gasteiger partial charge in [-0.2, -0.15) is 0 Å². The van der Waals surface area contributed by atoms with E-state index in [2.05, 4.69) is 13.0 Å². The fourth-order valence-corrected chi connectivity index (χ4v) is 0.830. The summed E-state index contributed by atoms with van der Waals surface area (Å²) < 4.78 is 18.0.